The molecule has 1 aromatic carbocycles. The van der Waals surface area contributed by atoms with Crippen molar-refractivity contribution >= 4 is 23.5 Å². The molecule has 0 bridgehead atoms. The number of benzene rings is 1. The molecule has 0 fully saturated rings. The molecule has 0 N–H and O–H groups in total. The summed E-state index contributed by atoms with van der Waals surface area (Å²) in [4.78, 5) is 23.5. The van der Waals surface area contributed by atoms with Gasteiger partial charge in [0.1, 0.15) is 0 Å². The smallest absolute Gasteiger partial charge is 0.328 e. The van der Waals surface area contributed by atoms with Gasteiger partial charge in [-0.3, -0.25) is 9.59 Å². The van der Waals surface area contributed by atoms with Gasteiger partial charge in [0.25, 0.3) is 0 Å². The van der Waals surface area contributed by atoms with E-state index in [4.69, 9.17) is 21.1 Å². The summed E-state index contributed by atoms with van der Waals surface area (Å²) in [6.45, 7) is 4.42. The van der Waals surface area contributed by atoms with E-state index in [1.54, 1.807) is 6.92 Å². The van der Waals surface area contributed by atoms with Crippen LogP contribution in [0.15, 0.2) is 18.2 Å². The molecule has 4 nitrogen and oxygen atoms in total. The molecule has 1 aromatic rings. The lowest BCUT2D eigenvalue weighted by molar-refractivity contribution is -0.164. The highest BCUT2D eigenvalue weighted by molar-refractivity contribution is 6.32. The fraction of sp³-hybridized carbons (Fsp3) is 0.385. The fourth-order valence-corrected chi connectivity index (χ4v) is 1.40. The fourth-order valence-electron chi connectivity index (χ4n) is 1.20. The van der Waals surface area contributed by atoms with E-state index in [-0.39, 0.29) is 11.6 Å². The molecular weight excluding hydrogens is 275 g/mol. The Kier molecular flexibility index (Phi) is 4.89. The van der Waals surface area contributed by atoms with Crippen LogP contribution in [0.2, 0.25) is 5.02 Å². The van der Waals surface area contributed by atoms with Crippen molar-refractivity contribution in [2.24, 2.45) is 5.41 Å². The lowest BCUT2D eigenvalue weighted by Crippen LogP contribution is -2.38. The zero-order chi connectivity index (χ0) is 14.6. The molecule has 0 radical (unpaired) electrons. The van der Waals surface area contributed by atoms with Crippen molar-refractivity contribution in [1.29, 1.82) is 0 Å². The van der Waals surface area contributed by atoms with Crippen molar-refractivity contribution in [3.05, 3.63) is 29.0 Å². The Labute approximate surface area is 115 Å². The van der Waals surface area contributed by atoms with E-state index in [9.17, 15) is 14.0 Å². The molecular formula is C13H14ClFO4. The molecule has 0 atom stereocenters. The number of para-hydroxylation sites is 1. The molecule has 0 saturated carbocycles. The summed E-state index contributed by atoms with van der Waals surface area (Å²) in [6, 6.07) is 3.86. The van der Waals surface area contributed by atoms with Crippen molar-refractivity contribution in [1.82, 2.24) is 0 Å². The predicted molar refractivity (Wildman–Crippen MR) is 67.5 cm³/mol. The Morgan fingerprint density at radius 2 is 1.95 bits per heavy atom. The Morgan fingerprint density at radius 1 is 1.32 bits per heavy atom. The van der Waals surface area contributed by atoms with Crippen LogP contribution in [0.5, 0.6) is 5.75 Å². The van der Waals surface area contributed by atoms with E-state index in [2.05, 4.69) is 0 Å². The molecule has 0 aliphatic carbocycles. The average molecular weight is 289 g/mol. The average Bonchev–Trinajstić information content (AvgIpc) is 2.34. The van der Waals surface area contributed by atoms with E-state index in [1.165, 1.54) is 26.0 Å². The second kappa shape index (κ2) is 6.02. The van der Waals surface area contributed by atoms with Gasteiger partial charge in [0, 0.05) is 0 Å². The Hall–Kier alpha value is -1.62. The van der Waals surface area contributed by atoms with Crippen LogP contribution < -0.4 is 4.74 Å². The Balaban J connectivity index is 2.93. The van der Waals surface area contributed by atoms with E-state index < -0.39 is 28.9 Å². The van der Waals surface area contributed by atoms with Crippen LogP contribution in [0.25, 0.3) is 0 Å². The first kappa shape index (κ1) is 15.4. The van der Waals surface area contributed by atoms with Crippen molar-refractivity contribution in [2.75, 3.05) is 6.61 Å². The summed E-state index contributed by atoms with van der Waals surface area (Å²) in [7, 11) is 0. The SMILES string of the molecule is CCOC(=O)C(C)(C)C(=O)Oc1c(F)cccc1Cl. The van der Waals surface area contributed by atoms with Gasteiger partial charge in [-0.15, -0.1) is 0 Å². The second-order valence-electron chi connectivity index (χ2n) is 4.29. The molecule has 0 aliphatic rings. The minimum absolute atomic E-state index is 0.0481. The van der Waals surface area contributed by atoms with Gasteiger partial charge >= 0.3 is 11.9 Å². The van der Waals surface area contributed by atoms with Gasteiger partial charge < -0.3 is 9.47 Å². The summed E-state index contributed by atoms with van der Waals surface area (Å²) in [5.41, 5.74) is -1.54. The lowest BCUT2D eigenvalue weighted by atomic mass is 9.94. The number of hydrogen-bond acceptors (Lipinski definition) is 4. The van der Waals surface area contributed by atoms with Crippen molar-refractivity contribution in [3.63, 3.8) is 0 Å². The number of carbonyl (C=O) groups is 2. The highest BCUT2D eigenvalue weighted by Gasteiger charge is 2.40. The third kappa shape index (κ3) is 3.44. The number of esters is 2. The summed E-state index contributed by atoms with van der Waals surface area (Å²) in [5.74, 6) is -2.85. The van der Waals surface area contributed by atoms with Crippen LogP contribution in [-0.4, -0.2) is 18.5 Å². The quantitative estimate of drug-likeness (QED) is 0.485. The Morgan fingerprint density at radius 3 is 2.47 bits per heavy atom. The third-order valence-electron chi connectivity index (χ3n) is 2.41. The van der Waals surface area contributed by atoms with Gasteiger partial charge in [-0.1, -0.05) is 17.7 Å². The maximum atomic E-state index is 13.5. The second-order valence-corrected chi connectivity index (χ2v) is 4.69. The van der Waals surface area contributed by atoms with Crippen LogP contribution in [-0.2, 0) is 14.3 Å². The minimum atomic E-state index is -1.54. The lowest BCUT2D eigenvalue weighted by Gasteiger charge is -2.20. The molecule has 6 heteroatoms. The van der Waals surface area contributed by atoms with Gasteiger partial charge in [0.05, 0.1) is 11.6 Å². The highest BCUT2D eigenvalue weighted by Crippen LogP contribution is 2.30. The zero-order valence-corrected chi connectivity index (χ0v) is 11.6. The van der Waals surface area contributed by atoms with Gasteiger partial charge in [0.2, 0.25) is 0 Å². The normalized spacial score (nSPS) is 11.0. The standard InChI is InChI=1S/C13H14ClFO4/c1-4-18-11(16)13(2,3)12(17)19-10-8(14)6-5-7-9(10)15/h5-7H,4H2,1-3H3. The van der Waals surface area contributed by atoms with Crippen LogP contribution in [0.3, 0.4) is 0 Å². The largest absolute Gasteiger partial charge is 0.465 e. The van der Waals surface area contributed by atoms with E-state index in [0.717, 1.165) is 6.07 Å². The maximum absolute atomic E-state index is 13.5. The van der Waals surface area contributed by atoms with E-state index in [1.807, 2.05) is 0 Å². The van der Waals surface area contributed by atoms with Gasteiger partial charge in [-0.25, -0.2) is 4.39 Å². The first-order valence-electron chi connectivity index (χ1n) is 5.64. The van der Waals surface area contributed by atoms with Crippen LogP contribution in [0.1, 0.15) is 20.8 Å². The van der Waals surface area contributed by atoms with Crippen LogP contribution in [0, 0.1) is 11.2 Å². The molecule has 104 valence electrons. The number of carbonyl (C=O) groups excluding carboxylic acids is 2. The minimum Gasteiger partial charge on any atom is -0.465 e. The van der Waals surface area contributed by atoms with Crippen LogP contribution in [0.4, 0.5) is 4.39 Å². The topological polar surface area (TPSA) is 52.6 Å². The van der Waals surface area contributed by atoms with Gasteiger partial charge in [-0.2, -0.15) is 0 Å². The number of halogens is 2. The zero-order valence-electron chi connectivity index (χ0n) is 10.8. The summed E-state index contributed by atoms with van der Waals surface area (Å²) >= 11 is 5.73. The molecule has 1 rings (SSSR count). The molecule has 19 heavy (non-hydrogen) atoms. The molecule has 0 aliphatic heterocycles. The molecule has 0 aromatic heterocycles. The molecule has 0 heterocycles. The number of hydrogen-bond donors (Lipinski definition) is 0. The predicted octanol–water partition coefficient (Wildman–Crippen LogP) is 2.97. The highest BCUT2D eigenvalue weighted by atomic mass is 35.5. The summed E-state index contributed by atoms with van der Waals surface area (Å²) < 4.78 is 23.1. The van der Waals surface area contributed by atoms with E-state index in [0.29, 0.717) is 0 Å². The number of ether oxygens (including phenoxy) is 2. The van der Waals surface area contributed by atoms with E-state index >= 15 is 0 Å². The maximum Gasteiger partial charge on any atom is 0.328 e. The first-order valence-corrected chi connectivity index (χ1v) is 6.02. The summed E-state index contributed by atoms with van der Waals surface area (Å²) in [6.07, 6.45) is 0. The molecule has 0 spiro atoms. The van der Waals surface area contributed by atoms with Crippen LogP contribution >= 0.6 is 11.6 Å². The third-order valence-corrected chi connectivity index (χ3v) is 2.71. The van der Waals surface area contributed by atoms with Crippen molar-refractivity contribution < 1.29 is 23.5 Å². The van der Waals surface area contributed by atoms with Gasteiger partial charge in [-0.05, 0) is 32.9 Å². The summed E-state index contributed by atoms with van der Waals surface area (Å²) in [5, 5.41) is -0.0481. The molecule has 0 amide bonds. The van der Waals surface area contributed by atoms with Crippen molar-refractivity contribution in [2.45, 2.75) is 20.8 Å². The molecule has 0 unspecified atom stereocenters. The van der Waals surface area contributed by atoms with Gasteiger partial charge in [0.15, 0.2) is 17.0 Å². The monoisotopic (exact) mass is 288 g/mol. The first-order chi connectivity index (χ1) is 8.80. The van der Waals surface area contributed by atoms with Crippen molar-refractivity contribution in [3.8, 4) is 5.75 Å². The number of rotatable bonds is 4. The molecule has 0 saturated heterocycles. The Bertz CT molecular complexity index is 479.